The molecule has 1 saturated heterocycles. The predicted molar refractivity (Wildman–Crippen MR) is 82.1 cm³/mol. The van der Waals surface area contributed by atoms with E-state index in [1.807, 2.05) is 0 Å². The van der Waals surface area contributed by atoms with Gasteiger partial charge >= 0.3 is 6.18 Å². The van der Waals surface area contributed by atoms with Gasteiger partial charge in [-0.25, -0.2) is 9.97 Å². The van der Waals surface area contributed by atoms with Crippen LogP contribution in [0.5, 0.6) is 0 Å². The molecule has 2 aromatic rings. The Morgan fingerprint density at radius 1 is 1.42 bits per heavy atom. The molecule has 8 heteroatoms. The molecule has 0 bridgehead atoms. The van der Waals surface area contributed by atoms with Gasteiger partial charge in [0.25, 0.3) is 0 Å². The van der Waals surface area contributed by atoms with E-state index in [1.54, 1.807) is 4.90 Å². The molecule has 3 rings (SSSR count). The van der Waals surface area contributed by atoms with Crippen molar-refractivity contribution in [1.29, 1.82) is 0 Å². The van der Waals surface area contributed by atoms with Gasteiger partial charge in [-0.2, -0.15) is 13.2 Å². The number of aromatic amines is 1. The molecule has 2 aromatic heterocycles. The van der Waals surface area contributed by atoms with Gasteiger partial charge in [0, 0.05) is 25.1 Å². The zero-order valence-corrected chi connectivity index (χ0v) is 13.4. The van der Waals surface area contributed by atoms with Gasteiger partial charge in [0.05, 0.1) is 18.4 Å². The molecule has 0 radical (unpaired) electrons. The van der Waals surface area contributed by atoms with E-state index in [1.165, 1.54) is 12.4 Å². The summed E-state index contributed by atoms with van der Waals surface area (Å²) in [7, 11) is 0. The van der Waals surface area contributed by atoms with Crippen LogP contribution in [0, 0.1) is 5.92 Å². The van der Waals surface area contributed by atoms with E-state index in [9.17, 15) is 18.0 Å². The number of amides is 1. The van der Waals surface area contributed by atoms with Gasteiger partial charge in [0.15, 0.2) is 5.65 Å². The zero-order chi connectivity index (χ0) is 17.3. The van der Waals surface area contributed by atoms with Crippen LogP contribution in [0.3, 0.4) is 0 Å². The molecule has 1 atom stereocenters. The fourth-order valence-electron chi connectivity index (χ4n) is 3.28. The molecule has 1 aliphatic heterocycles. The van der Waals surface area contributed by atoms with Crippen molar-refractivity contribution < 1.29 is 18.0 Å². The molecule has 1 unspecified atom stereocenters. The van der Waals surface area contributed by atoms with Crippen molar-refractivity contribution in [2.24, 2.45) is 5.92 Å². The number of nitrogens with zero attached hydrogens (tertiary/aromatic N) is 3. The van der Waals surface area contributed by atoms with E-state index in [4.69, 9.17) is 0 Å². The van der Waals surface area contributed by atoms with E-state index < -0.39 is 12.6 Å². The number of hydrogen-bond donors (Lipinski definition) is 1. The number of carbonyl (C=O) groups excluding carboxylic acids is 1. The Labute approximate surface area is 137 Å². The number of hydrogen-bond acceptors (Lipinski definition) is 3. The largest absolute Gasteiger partial charge is 0.394 e. The lowest BCUT2D eigenvalue weighted by molar-refractivity contribution is -0.129. The summed E-state index contributed by atoms with van der Waals surface area (Å²) < 4.78 is 38.0. The Kier molecular flexibility index (Phi) is 4.47. The van der Waals surface area contributed by atoms with Crippen molar-refractivity contribution in [3.8, 4) is 0 Å². The number of alkyl halides is 3. The lowest BCUT2D eigenvalue weighted by Crippen LogP contribution is -2.25. The summed E-state index contributed by atoms with van der Waals surface area (Å²) in [5.41, 5.74) is 1.38. The third kappa shape index (κ3) is 3.68. The quantitative estimate of drug-likeness (QED) is 0.909. The fraction of sp³-hybridized carbons (Fsp3) is 0.562. The Bertz CT molecular complexity index is 740. The van der Waals surface area contributed by atoms with Crippen LogP contribution in [0.25, 0.3) is 11.2 Å². The Hall–Kier alpha value is -2.12. The minimum Gasteiger partial charge on any atom is -0.338 e. The topological polar surface area (TPSA) is 61.9 Å². The molecular formula is C16H19F3N4O. The molecule has 24 heavy (non-hydrogen) atoms. The first-order chi connectivity index (χ1) is 11.4. The molecule has 3 heterocycles. The van der Waals surface area contributed by atoms with Crippen LogP contribution in [0.4, 0.5) is 13.2 Å². The summed E-state index contributed by atoms with van der Waals surface area (Å²) in [6.45, 7) is 3.00. The maximum Gasteiger partial charge on any atom is 0.394 e. The molecule has 0 aromatic carbocycles. The van der Waals surface area contributed by atoms with E-state index in [0.29, 0.717) is 35.6 Å². The first kappa shape index (κ1) is 16.7. The van der Waals surface area contributed by atoms with Gasteiger partial charge in [-0.05, 0) is 18.4 Å². The molecule has 1 aliphatic rings. The summed E-state index contributed by atoms with van der Waals surface area (Å²) in [5.74, 6) is 0.375. The smallest absolute Gasteiger partial charge is 0.338 e. The number of carbonyl (C=O) groups is 1. The van der Waals surface area contributed by atoms with Crippen molar-refractivity contribution in [1.82, 2.24) is 19.9 Å². The minimum absolute atomic E-state index is 0.0475. The van der Waals surface area contributed by atoms with Crippen LogP contribution in [0.15, 0.2) is 12.4 Å². The van der Waals surface area contributed by atoms with Gasteiger partial charge in [-0.1, -0.05) is 13.3 Å². The van der Waals surface area contributed by atoms with Crippen LogP contribution < -0.4 is 0 Å². The van der Waals surface area contributed by atoms with Crippen LogP contribution in [0.2, 0.25) is 0 Å². The number of fused-ring (bicyclic) bond motifs is 1. The molecule has 1 fully saturated rings. The standard InChI is InChI=1S/C16H19F3N4O/c1-2-3-10-4-13(24)23(7-10)8-11-5-12(6-16(17,18)19)22-15-14(11)20-9-21-15/h5,9-10H,2-4,6-8H2,1H3,(H,20,21,22). The van der Waals surface area contributed by atoms with Crippen LogP contribution in [-0.2, 0) is 17.8 Å². The highest BCUT2D eigenvalue weighted by molar-refractivity contribution is 5.80. The first-order valence-corrected chi connectivity index (χ1v) is 8.02. The monoisotopic (exact) mass is 340 g/mol. The van der Waals surface area contributed by atoms with Crippen molar-refractivity contribution in [3.63, 3.8) is 0 Å². The van der Waals surface area contributed by atoms with Crippen LogP contribution in [0.1, 0.15) is 37.4 Å². The predicted octanol–water partition coefficient (Wildman–Crippen LogP) is 3.21. The average molecular weight is 340 g/mol. The summed E-state index contributed by atoms with van der Waals surface area (Å²) in [6.07, 6.45) is -1.51. The van der Waals surface area contributed by atoms with E-state index >= 15 is 0 Å². The number of likely N-dealkylation sites (tertiary alicyclic amines) is 1. The Morgan fingerprint density at radius 2 is 2.21 bits per heavy atom. The maximum atomic E-state index is 12.7. The number of rotatable bonds is 5. The lowest BCUT2D eigenvalue weighted by atomic mass is 10.0. The number of halogens is 3. The first-order valence-electron chi connectivity index (χ1n) is 8.02. The molecule has 0 saturated carbocycles. The van der Waals surface area contributed by atoms with Crippen LogP contribution in [-0.4, -0.2) is 38.5 Å². The van der Waals surface area contributed by atoms with Crippen molar-refractivity contribution >= 4 is 17.1 Å². The molecule has 5 nitrogen and oxygen atoms in total. The SMILES string of the molecule is CCCC1CC(=O)N(Cc2cc(CC(F)(F)F)nc3[nH]cnc23)C1. The second-order valence-electron chi connectivity index (χ2n) is 6.30. The Morgan fingerprint density at radius 3 is 2.92 bits per heavy atom. The molecule has 130 valence electrons. The van der Waals surface area contributed by atoms with Gasteiger partial charge in [0.2, 0.25) is 5.91 Å². The van der Waals surface area contributed by atoms with Crippen molar-refractivity contribution in [3.05, 3.63) is 23.7 Å². The highest BCUT2D eigenvalue weighted by Gasteiger charge is 2.31. The maximum absolute atomic E-state index is 12.7. The molecule has 1 amide bonds. The Balaban J connectivity index is 1.85. The molecular weight excluding hydrogens is 321 g/mol. The van der Waals surface area contributed by atoms with E-state index in [0.717, 1.165) is 12.8 Å². The van der Waals surface area contributed by atoms with E-state index in [2.05, 4.69) is 21.9 Å². The summed E-state index contributed by atoms with van der Waals surface area (Å²) in [5, 5.41) is 0. The summed E-state index contributed by atoms with van der Waals surface area (Å²) >= 11 is 0. The van der Waals surface area contributed by atoms with Crippen molar-refractivity contribution in [2.45, 2.75) is 45.3 Å². The molecule has 0 spiro atoms. The third-order valence-electron chi connectivity index (χ3n) is 4.25. The molecule has 0 aliphatic carbocycles. The van der Waals surface area contributed by atoms with Gasteiger partial charge in [-0.3, -0.25) is 4.79 Å². The lowest BCUT2D eigenvalue weighted by Gasteiger charge is -2.17. The number of nitrogens with one attached hydrogen (secondary N) is 1. The zero-order valence-electron chi connectivity index (χ0n) is 13.4. The summed E-state index contributed by atoms with van der Waals surface area (Å²) in [4.78, 5) is 24.7. The highest BCUT2D eigenvalue weighted by Crippen LogP contribution is 2.27. The number of aromatic nitrogens is 3. The number of imidazole rings is 1. The third-order valence-corrected chi connectivity index (χ3v) is 4.25. The average Bonchev–Trinajstić information content (AvgIpc) is 3.05. The van der Waals surface area contributed by atoms with Gasteiger partial charge in [-0.15, -0.1) is 0 Å². The fourth-order valence-corrected chi connectivity index (χ4v) is 3.28. The van der Waals surface area contributed by atoms with Crippen molar-refractivity contribution in [2.75, 3.05) is 6.54 Å². The number of pyridine rings is 1. The van der Waals surface area contributed by atoms with Gasteiger partial charge < -0.3 is 9.88 Å². The van der Waals surface area contributed by atoms with E-state index in [-0.39, 0.29) is 18.1 Å². The van der Waals surface area contributed by atoms with Gasteiger partial charge in [0.1, 0.15) is 5.52 Å². The second kappa shape index (κ2) is 6.41. The highest BCUT2D eigenvalue weighted by atomic mass is 19.4. The molecule has 1 N–H and O–H groups in total. The minimum atomic E-state index is -4.33. The number of H-pyrrole nitrogens is 1. The summed E-state index contributed by atoms with van der Waals surface area (Å²) in [6, 6.07) is 1.41. The van der Waals surface area contributed by atoms with Crippen LogP contribution >= 0.6 is 0 Å². The second-order valence-corrected chi connectivity index (χ2v) is 6.30. The normalized spacial score (nSPS) is 18.8.